The largest absolute Gasteiger partial charge is 0.491 e. The zero-order chi connectivity index (χ0) is 15.1. The smallest absolute Gasteiger partial charge is 0.119 e. The normalized spacial score (nSPS) is 11.5. The van der Waals surface area contributed by atoms with Gasteiger partial charge >= 0.3 is 0 Å². The standard InChI is InChI=1S/C16H15ClN2O2/c17-15-3-1-2-4-16(15)19-10-13(20)11-21-14-7-5-12(9-18)6-8-14/h1-8,13,19-20H,10-11H2. The number of nitrogens with one attached hydrogen (secondary N) is 1. The van der Waals surface area contributed by atoms with Gasteiger partial charge in [0.25, 0.3) is 0 Å². The second kappa shape index (κ2) is 7.53. The molecule has 1 unspecified atom stereocenters. The lowest BCUT2D eigenvalue weighted by molar-refractivity contribution is 0.117. The molecule has 0 amide bonds. The summed E-state index contributed by atoms with van der Waals surface area (Å²) in [6.07, 6.45) is -0.670. The number of nitriles is 1. The summed E-state index contributed by atoms with van der Waals surface area (Å²) in [6.45, 7) is 0.489. The predicted molar refractivity (Wildman–Crippen MR) is 82.6 cm³/mol. The lowest BCUT2D eigenvalue weighted by Gasteiger charge is -2.14. The Morgan fingerprint density at radius 2 is 1.90 bits per heavy atom. The van der Waals surface area contributed by atoms with Crippen LogP contribution in [0.15, 0.2) is 48.5 Å². The number of anilines is 1. The lowest BCUT2D eigenvalue weighted by Crippen LogP contribution is -2.26. The van der Waals surface area contributed by atoms with E-state index in [-0.39, 0.29) is 6.61 Å². The van der Waals surface area contributed by atoms with E-state index in [1.165, 1.54) is 0 Å². The molecule has 2 aromatic carbocycles. The molecule has 0 aliphatic carbocycles. The van der Waals surface area contributed by atoms with E-state index in [0.717, 1.165) is 5.69 Å². The van der Waals surface area contributed by atoms with E-state index in [9.17, 15) is 5.11 Å². The molecule has 21 heavy (non-hydrogen) atoms. The van der Waals surface area contributed by atoms with Crippen molar-refractivity contribution in [3.63, 3.8) is 0 Å². The maximum Gasteiger partial charge on any atom is 0.119 e. The van der Waals surface area contributed by atoms with Crippen molar-refractivity contribution in [2.45, 2.75) is 6.10 Å². The number of para-hydroxylation sites is 1. The van der Waals surface area contributed by atoms with Crippen LogP contribution in [0.4, 0.5) is 5.69 Å². The average molecular weight is 303 g/mol. The first-order valence-corrected chi connectivity index (χ1v) is 6.86. The van der Waals surface area contributed by atoms with Crippen molar-refractivity contribution in [3.8, 4) is 11.8 Å². The van der Waals surface area contributed by atoms with E-state index >= 15 is 0 Å². The summed E-state index contributed by atoms with van der Waals surface area (Å²) < 4.78 is 5.45. The molecule has 0 aliphatic heterocycles. The third-order valence-corrected chi connectivity index (χ3v) is 3.16. The molecule has 2 rings (SSSR count). The first-order valence-electron chi connectivity index (χ1n) is 6.48. The highest BCUT2D eigenvalue weighted by atomic mass is 35.5. The van der Waals surface area contributed by atoms with Crippen molar-refractivity contribution in [2.24, 2.45) is 0 Å². The Morgan fingerprint density at radius 1 is 1.19 bits per heavy atom. The van der Waals surface area contributed by atoms with Crippen molar-refractivity contribution in [2.75, 3.05) is 18.5 Å². The minimum atomic E-state index is -0.670. The molecule has 5 heteroatoms. The Morgan fingerprint density at radius 3 is 2.57 bits per heavy atom. The maximum absolute atomic E-state index is 9.88. The van der Waals surface area contributed by atoms with Crippen LogP contribution in [0.5, 0.6) is 5.75 Å². The van der Waals surface area contributed by atoms with Gasteiger partial charge in [0.2, 0.25) is 0 Å². The number of ether oxygens (including phenoxy) is 1. The van der Waals surface area contributed by atoms with Gasteiger partial charge in [-0.2, -0.15) is 5.26 Å². The number of aliphatic hydroxyl groups excluding tert-OH is 1. The second-order valence-corrected chi connectivity index (χ2v) is 4.87. The monoisotopic (exact) mass is 302 g/mol. The number of aliphatic hydroxyl groups is 1. The fraction of sp³-hybridized carbons (Fsp3) is 0.188. The molecule has 0 spiro atoms. The third kappa shape index (κ3) is 4.67. The quantitative estimate of drug-likeness (QED) is 0.860. The van der Waals surface area contributed by atoms with Gasteiger partial charge < -0.3 is 15.2 Å². The first kappa shape index (κ1) is 15.2. The summed E-state index contributed by atoms with van der Waals surface area (Å²) in [5.74, 6) is 0.616. The van der Waals surface area contributed by atoms with Crippen LogP contribution in [0.2, 0.25) is 5.02 Å². The molecule has 0 fully saturated rings. The van der Waals surface area contributed by atoms with Crippen LogP contribution in [0.3, 0.4) is 0 Å². The Labute approximate surface area is 128 Å². The molecule has 2 aromatic rings. The van der Waals surface area contributed by atoms with Crippen LogP contribution >= 0.6 is 11.6 Å². The van der Waals surface area contributed by atoms with E-state index in [0.29, 0.717) is 22.9 Å². The zero-order valence-corrected chi connectivity index (χ0v) is 12.0. The highest BCUT2D eigenvalue weighted by Crippen LogP contribution is 2.20. The number of nitrogens with zero attached hydrogens (tertiary/aromatic N) is 1. The minimum Gasteiger partial charge on any atom is -0.491 e. The third-order valence-electron chi connectivity index (χ3n) is 2.83. The van der Waals surface area contributed by atoms with Crippen molar-refractivity contribution < 1.29 is 9.84 Å². The first-order chi connectivity index (χ1) is 10.2. The summed E-state index contributed by atoms with van der Waals surface area (Å²) in [6, 6.07) is 16.1. The topological polar surface area (TPSA) is 65.3 Å². The van der Waals surface area contributed by atoms with E-state index < -0.39 is 6.10 Å². The van der Waals surface area contributed by atoms with Gasteiger partial charge in [-0.15, -0.1) is 0 Å². The summed E-state index contributed by atoms with van der Waals surface area (Å²) in [7, 11) is 0. The van der Waals surface area contributed by atoms with Gasteiger partial charge in [-0.25, -0.2) is 0 Å². The van der Waals surface area contributed by atoms with Crippen molar-refractivity contribution in [1.82, 2.24) is 0 Å². The molecule has 0 saturated heterocycles. The van der Waals surface area contributed by atoms with E-state index in [2.05, 4.69) is 5.32 Å². The minimum absolute atomic E-state index is 0.156. The van der Waals surface area contributed by atoms with Gasteiger partial charge in [0, 0.05) is 6.54 Å². The van der Waals surface area contributed by atoms with Crippen LogP contribution in [0.1, 0.15) is 5.56 Å². The van der Waals surface area contributed by atoms with Gasteiger partial charge in [-0.1, -0.05) is 23.7 Å². The fourth-order valence-electron chi connectivity index (χ4n) is 1.71. The molecule has 2 N–H and O–H groups in total. The lowest BCUT2D eigenvalue weighted by atomic mass is 10.2. The number of hydrogen-bond donors (Lipinski definition) is 2. The molecule has 108 valence electrons. The van der Waals surface area contributed by atoms with Crippen LogP contribution in [0.25, 0.3) is 0 Å². The van der Waals surface area contributed by atoms with Crippen molar-refractivity contribution in [1.29, 1.82) is 5.26 Å². The highest BCUT2D eigenvalue weighted by molar-refractivity contribution is 6.33. The average Bonchev–Trinajstić information content (AvgIpc) is 2.52. The zero-order valence-electron chi connectivity index (χ0n) is 11.3. The molecule has 0 aliphatic rings. The van der Waals surface area contributed by atoms with E-state index in [1.807, 2.05) is 24.3 Å². The van der Waals surface area contributed by atoms with Crippen LogP contribution < -0.4 is 10.1 Å². The number of rotatable bonds is 6. The van der Waals surface area contributed by atoms with Gasteiger partial charge in [0.1, 0.15) is 18.5 Å². The van der Waals surface area contributed by atoms with Crippen LogP contribution in [0, 0.1) is 11.3 Å². The molecule has 4 nitrogen and oxygen atoms in total. The number of halogens is 1. The summed E-state index contributed by atoms with van der Waals surface area (Å²) in [5.41, 5.74) is 1.35. The van der Waals surface area contributed by atoms with E-state index in [4.69, 9.17) is 21.6 Å². The van der Waals surface area contributed by atoms with Gasteiger partial charge in [0.05, 0.1) is 22.3 Å². The van der Waals surface area contributed by atoms with Crippen LogP contribution in [-0.2, 0) is 0 Å². The Hall–Kier alpha value is -2.22. The summed E-state index contributed by atoms with van der Waals surface area (Å²) in [4.78, 5) is 0. The van der Waals surface area contributed by atoms with Crippen molar-refractivity contribution in [3.05, 3.63) is 59.1 Å². The summed E-state index contributed by atoms with van der Waals surface area (Å²) in [5, 5.41) is 22.2. The molecule has 0 bridgehead atoms. The van der Waals surface area contributed by atoms with Crippen LogP contribution in [-0.4, -0.2) is 24.4 Å². The number of benzene rings is 2. The molecular formula is C16H15ClN2O2. The Kier molecular flexibility index (Phi) is 5.44. The predicted octanol–water partition coefficient (Wildman–Crippen LogP) is 3.06. The number of hydrogen-bond acceptors (Lipinski definition) is 4. The van der Waals surface area contributed by atoms with Gasteiger partial charge in [-0.05, 0) is 36.4 Å². The molecule has 0 radical (unpaired) electrons. The van der Waals surface area contributed by atoms with Gasteiger partial charge in [0.15, 0.2) is 0 Å². The van der Waals surface area contributed by atoms with Gasteiger partial charge in [-0.3, -0.25) is 0 Å². The SMILES string of the molecule is N#Cc1ccc(OCC(O)CNc2ccccc2Cl)cc1. The van der Waals surface area contributed by atoms with Crippen molar-refractivity contribution >= 4 is 17.3 Å². The Bertz CT molecular complexity index is 623. The fourth-order valence-corrected chi connectivity index (χ4v) is 1.91. The molecular weight excluding hydrogens is 288 g/mol. The van der Waals surface area contributed by atoms with E-state index in [1.54, 1.807) is 30.3 Å². The summed E-state index contributed by atoms with van der Waals surface area (Å²) >= 11 is 6.01. The molecule has 1 atom stereocenters. The second-order valence-electron chi connectivity index (χ2n) is 4.46. The molecule has 0 aromatic heterocycles. The maximum atomic E-state index is 9.88. The Balaban J connectivity index is 1.78. The highest BCUT2D eigenvalue weighted by Gasteiger charge is 2.06. The molecule has 0 heterocycles. The molecule has 0 saturated carbocycles.